The van der Waals surface area contributed by atoms with Crippen molar-refractivity contribution in [2.75, 3.05) is 24.1 Å². The number of likely N-dealkylation sites (tertiary alicyclic amines) is 1. The monoisotopic (exact) mass is 388 g/mol. The highest BCUT2D eigenvalue weighted by Crippen LogP contribution is 2.19. The number of hydrogen-bond donors (Lipinski definition) is 2. The molecule has 0 bridgehead atoms. The summed E-state index contributed by atoms with van der Waals surface area (Å²) in [4.78, 5) is 31.5. The summed E-state index contributed by atoms with van der Waals surface area (Å²) in [5.41, 5.74) is 8.96. The molecule has 148 valence electrons. The van der Waals surface area contributed by atoms with Crippen molar-refractivity contribution < 1.29 is 9.59 Å². The highest BCUT2D eigenvalue weighted by Gasteiger charge is 2.17. The van der Waals surface area contributed by atoms with E-state index in [2.05, 4.69) is 10.3 Å². The molecule has 1 saturated heterocycles. The first-order valence-corrected chi connectivity index (χ1v) is 9.96. The van der Waals surface area contributed by atoms with Crippen LogP contribution in [0.4, 0.5) is 11.4 Å². The van der Waals surface area contributed by atoms with E-state index < -0.39 is 0 Å². The number of fused-ring (bicyclic) bond motifs is 1. The Kier molecular flexibility index (Phi) is 5.42. The Morgan fingerprint density at radius 1 is 0.897 bits per heavy atom. The van der Waals surface area contributed by atoms with Gasteiger partial charge in [-0.05, 0) is 61.4 Å². The first-order chi connectivity index (χ1) is 14.1. The predicted octanol–water partition coefficient (Wildman–Crippen LogP) is 4.09. The van der Waals surface area contributed by atoms with E-state index in [-0.39, 0.29) is 11.8 Å². The molecular weight excluding hydrogens is 364 g/mol. The van der Waals surface area contributed by atoms with E-state index in [1.54, 1.807) is 48.7 Å². The fourth-order valence-electron chi connectivity index (χ4n) is 3.63. The number of aromatic nitrogens is 1. The van der Waals surface area contributed by atoms with E-state index in [1.165, 1.54) is 12.8 Å². The fraction of sp³-hybridized carbons (Fsp3) is 0.261. The van der Waals surface area contributed by atoms with E-state index in [9.17, 15) is 9.59 Å². The van der Waals surface area contributed by atoms with Crippen LogP contribution in [0.3, 0.4) is 0 Å². The SMILES string of the molecule is Nc1ccc2ncc(C(=O)Nc3ccc(C(=O)N4CCCCCC4)cc3)cc2c1. The van der Waals surface area contributed by atoms with Gasteiger partial charge in [-0.1, -0.05) is 12.8 Å². The number of nitrogen functional groups attached to an aromatic ring is 1. The largest absolute Gasteiger partial charge is 0.399 e. The number of hydrogen-bond acceptors (Lipinski definition) is 4. The molecule has 1 aliphatic rings. The zero-order valence-corrected chi connectivity index (χ0v) is 16.2. The highest BCUT2D eigenvalue weighted by molar-refractivity contribution is 6.06. The van der Waals surface area contributed by atoms with Gasteiger partial charge in [-0.15, -0.1) is 0 Å². The zero-order chi connectivity index (χ0) is 20.2. The summed E-state index contributed by atoms with van der Waals surface area (Å²) in [6.45, 7) is 1.63. The smallest absolute Gasteiger partial charge is 0.257 e. The van der Waals surface area contributed by atoms with Crippen LogP contribution in [0.2, 0.25) is 0 Å². The third-order valence-corrected chi connectivity index (χ3v) is 5.25. The Balaban J connectivity index is 1.45. The number of pyridine rings is 1. The van der Waals surface area contributed by atoms with E-state index in [0.717, 1.165) is 36.8 Å². The molecule has 0 radical (unpaired) electrons. The predicted molar refractivity (Wildman–Crippen MR) is 115 cm³/mol. The minimum absolute atomic E-state index is 0.0566. The van der Waals surface area contributed by atoms with Gasteiger partial charge in [-0.3, -0.25) is 14.6 Å². The lowest BCUT2D eigenvalue weighted by Gasteiger charge is -2.20. The Labute approximate surface area is 169 Å². The molecule has 1 aliphatic heterocycles. The standard InChI is InChI=1S/C23H24N4O2/c24-19-7-10-21-17(14-19)13-18(15-25-21)22(28)26-20-8-5-16(6-9-20)23(29)27-11-3-1-2-4-12-27/h5-10,13-15H,1-4,11-12,24H2,(H,26,28). The van der Waals surface area contributed by atoms with Gasteiger partial charge < -0.3 is 16.0 Å². The van der Waals surface area contributed by atoms with Crippen molar-refractivity contribution in [3.8, 4) is 0 Å². The minimum Gasteiger partial charge on any atom is -0.399 e. The highest BCUT2D eigenvalue weighted by atomic mass is 16.2. The van der Waals surface area contributed by atoms with Gasteiger partial charge in [0, 0.05) is 41.6 Å². The van der Waals surface area contributed by atoms with Gasteiger partial charge in [-0.2, -0.15) is 0 Å². The lowest BCUT2D eigenvalue weighted by molar-refractivity contribution is 0.0761. The third-order valence-electron chi connectivity index (χ3n) is 5.25. The number of nitrogens with one attached hydrogen (secondary N) is 1. The molecule has 2 amide bonds. The fourth-order valence-corrected chi connectivity index (χ4v) is 3.63. The Bertz CT molecular complexity index is 1040. The molecule has 2 aromatic carbocycles. The van der Waals surface area contributed by atoms with Crippen molar-refractivity contribution in [3.05, 3.63) is 65.9 Å². The molecule has 6 nitrogen and oxygen atoms in total. The van der Waals surface area contributed by atoms with Crippen molar-refractivity contribution in [1.29, 1.82) is 0 Å². The molecule has 29 heavy (non-hydrogen) atoms. The molecule has 0 aliphatic carbocycles. The van der Waals surface area contributed by atoms with Gasteiger partial charge in [0.25, 0.3) is 11.8 Å². The number of nitrogens with zero attached hydrogens (tertiary/aromatic N) is 2. The molecule has 4 rings (SSSR count). The van der Waals surface area contributed by atoms with Crippen LogP contribution in [0.25, 0.3) is 10.9 Å². The van der Waals surface area contributed by atoms with Crippen LogP contribution < -0.4 is 11.1 Å². The summed E-state index contributed by atoms with van der Waals surface area (Å²) in [5.74, 6) is -0.200. The topological polar surface area (TPSA) is 88.3 Å². The summed E-state index contributed by atoms with van der Waals surface area (Å²) < 4.78 is 0. The second kappa shape index (κ2) is 8.31. The zero-order valence-electron chi connectivity index (χ0n) is 16.2. The minimum atomic E-state index is -0.256. The van der Waals surface area contributed by atoms with Crippen LogP contribution in [-0.4, -0.2) is 34.8 Å². The van der Waals surface area contributed by atoms with E-state index in [0.29, 0.717) is 22.5 Å². The van der Waals surface area contributed by atoms with Gasteiger partial charge in [-0.25, -0.2) is 0 Å². The number of rotatable bonds is 3. The Morgan fingerprint density at radius 2 is 1.62 bits per heavy atom. The van der Waals surface area contributed by atoms with Crippen LogP contribution in [0, 0.1) is 0 Å². The van der Waals surface area contributed by atoms with E-state index >= 15 is 0 Å². The summed E-state index contributed by atoms with van der Waals surface area (Å²) in [5, 5.41) is 3.67. The first kappa shape index (κ1) is 18.9. The van der Waals surface area contributed by atoms with E-state index in [1.807, 2.05) is 11.0 Å². The van der Waals surface area contributed by atoms with Gasteiger partial charge in [0.1, 0.15) is 0 Å². The maximum absolute atomic E-state index is 12.7. The molecule has 1 aromatic heterocycles. The lowest BCUT2D eigenvalue weighted by Crippen LogP contribution is -2.31. The molecule has 6 heteroatoms. The second-order valence-electron chi connectivity index (χ2n) is 7.41. The van der Waals surface area contributed by atoms with Crippen LogP contribution in [0.1, 0.15) is 46.4 Å². The molecule has 0 spiro atoms. The second-order valence-corrected chi connectivity index (χ2v) is 7.41. The van der Waals surface area contributed by atoms with Gasteiger partial charge in [0.15, 0.2) is 0 Å². The number of carbonyl (C=O) groups excluding carboxylic acids is 2. The van der Waals surface area contributed by atoms with Gasteiger partial charge in [0.05, 0.1) is 11.1 Å². The van der Waals surface area contributed by atoms with Gasteiger partial charge >= 0.3 is 0 Å². The van der Waals surface area contributed by atoms with E-state index in [4.69, 9.17) is 5.73 Å². The average Bonchev–Trinajstić information content (AvgIpc) is 3.03. The number of benzene rings is 2. The Hall–Kier alpha value is -3.41. The normalized spacial score (nSPS) is 14.4. The number of carbonyl (C=O) groups is 2. The quantitative estimate of drug-likeness (QED) is 0.662. The average molecular weight is 388 g/mol. The third kappa shape index (κ3) is 4.37. The maximum atomic E-state index is 12.7. The summed E-state index contributed by atoms with van der Waals surface area (Å²) in [6, 6.07) is 14.2. The summed E-state index contributed by atoms with van der Waals surface area (Å²) in [7, 11) is 0. The summed E-state index contributed by atoms with van der Waals surface area (Å²) >= 11 is 0. The van der Waals surface area contributed by atoms with Crippen molar-refractivity contribution in [1.82, 2.24) is 9.88 Å². The summed E-state index contributed by atoms with van der Waals surface area (Å²) in [6.07, 6.45) is 6.04. The van der Waals surface area contributed by atoms with Crippen LogP contribution >= 0.6 is 0 Å². The number of nitrogens with two attached hydrogens (primary N) is 1. The maximum Gasteiger partial charge on any atom is 0.257 e. The first-order valence-electron chi connectivity index (χ1n) is 9.96. The lowest BCUT2D eigenvalue weighted by atomic mass is 10.1. The molecule has 3 aromatic rings. The molecule has 2 heterocycles. The molecule has 0 saturated carbocycles. The van der Waals surface area contributed by atoms with Crippen LogP contribution in [0.15, 0.2) is 54.7 Å². The molecular formula is C23H24N4O2. The van der Waals surface area contributed by atoms with Crippen molar-refractivity contribution in [2.24, 2.45) is 0 Å². The van der Waals surface area contributed by atoms with Crippen LogP contribution in [-0.2, 0) is 0 Å². The van der Waals surface area contributed by atoms with Crippen molar-refractivity contribution in [2.45, 2.75) is 25.7 Å². The Morgan fingerprint density at radius 3 is 2.34 bits per heavy atom. The molecule has 0 unspecified atom stereocenters. The molecule has 3 N–H and O–H groups in total. The number of amides is 2. The van der Waals surface area contributed by atoms with Crippen LogP contribution in [0.5, 0.6) is 0 Å². The number of anilines is 2. The molecule has 0 atom stereocenters. The van der Waals surface area contributed by atoms with Gasteiger partial charge in [0.2, 0.25) is 0 Å². The van der Waals surface area contributed by atoms with Crippen molar-refractivity contribution in [3.63, 3.8) is 0 Å². The van der Waals surface area contributed by atoms with Crippen molar-refractivity contribution >= 4 is 34.1 Å². The molecule has 1 fully saturated rings.